The predicted octanol–water partition coefficient (Wildman–Crippen LogP) is 3.64. The first-order chi connectivity index (χ1) is 17.0. The average molecular weight is 491 g/mol. The molecular formula is C25H22N4O5S. The number of carbonyl (C=O) groups is 2. The van der Waals surface area contributed by atoms with Gasteiger partial charge in [0.25, 0.3) is 0 Å². The lowest BCUT2D eigenvalue weighted by Crippen LogP contribution is -2.41. The zero-order valence-electron chi connectivity index (χ0n) is 18.6. The summed E-state index contributed by atoms with van der Waals surface area (Å²) in [6, 6.07) is 17.4. The lowest BCUT2D eigenvalue weighted by Gasteiger charge is -2.29. The first kappa shape index (κ1) is 22.9. The van der Waals surface area contributed by atoms with E-state index >= 15 is 0 Å². The number of rotatable bonds is 6. The molecule has 0 unspecified atom stereocenters. The van der Waals surface area contributed by atoms with Gasteiger partial charge in [-0.1, -0.05) is 54.7 Å². The van der Waals surface area contributed by atoms with Crippen molar-refractivity contribution in [3.8, 4) is 0 Å². The second kappa shape index (κ2) is 9.77. The van der Waals surface area contributed by atoms with Crippen molar-refractivity contribution in [1.29, 1.82) is 0 Å². The molecule has 9 nitrogen and oxygen atoms in total. The van der Waals surface area contributed by atoms with E-state index in [4.69, 9.17) is 19.9 Å². The maximum absolute atomic E-state index is 12.8. The van der Waals surface area contributed by atoms with Crippen molar-refractivity contribution in [3.05, 3.63) is 89.6 Å². The molecule has 0 amide bonds. The van der Waals surface area contributed by atoms with Gasteiger partial charge in [-0.3, -0.25) is 4.90 Å². The number of nitrogens with zero attached hydrogens (tertiary/aromatic N) is 3. The Labute approximate surface area is 205 Å². The summed E-state index contributed by atoms with van der Waals surface area (Å²) in [7, 11) is 0. The summed E-state index contributed by atoms with van der Waals surface area (Å²) in [5.41, 5.74) is 6.69. The number of benzene rings is 2. The van der Waals surface area contributed by atoms with Gasteiger partial charge in [-0.15, -0.1) is 0 Å². The third-order valence-electron chi connectivity index (χ3n) is 5.56. The highest BCUT2D eigenvalue weighted by Gasteiger charge is 2.46. The van der Waals surface area contributed by atoms with Crippen LogP contribution in [0.15, 0.2) is 83.4 Å². The van der Waals surface area contributed by atoms with Crippen molar-refractivity contribution in [2.45, 2.75) is 29.8 Å². The molecule has 2 aliphatic heterocycles. The van der Waals surface area contributed by atoms with Crippen LogP contribution in [0.25, 0.3) is 0 Å². The van der Waals surface area contributed by atoms with Crippen molar-refractivity contribution in [2.24, 2.45) is 0 Å². The van der Waals surface area contributed by atoms with Gasteiger partial charge >= 0.3 is 11.9 Å². The molecule has 1 aromatic heterocycles. The van der Waals surface area contributed by atoms with Crippen LogP contribution < -0.4 is 10.6 Å². The molecule has 0 radical (unpaired) electrons. The number of thioether (sulfide) groups is 1. The lowest BCUT2D eigenvalue weighted by molar-refractivity contribution is -0.0255. The second-order valence-electron chi connectivity index (χ2n) is 7.94. The van der Waals surface area contributed by atoms with Gasteiger partial charge in [0.05, 0.1) is 27.2 Å². The van der Waals surface area contributed by atoms with Crippen LogP contribution in [0.5, 0.6) is 0 Å². The molecule has 10 heteroatoms. The highest BCUT2D eigenvalue weighted by atomic mass is 32.2. The summed E-state index contributed by atoms with van der Waals surface area (Å²) in [5.74, 6) is -0.304. The highest BCUT2D eigenvalue weighted by Crippen LogP contribution is 2.47. The third kappa shape index (κ3) is 4.84. The lowest BCUT2D eigenvalue weighted by atomic mass is 10.1. The minimum Gasteiger partial charge on any atom is -0.459 e. The van der Waals surface area contributed by atoms with Gasteiger partial charge in [-0.25, -0.2) is 14.6 Å². The summed E-state index contributed by atoms with van der Waals surface area (Å²) < 4.78 is 17.6. The Hall–Kier alpha value is -3.89. The molecule has 3 atom stereocenters. The molecule has 0 saturated carbocycles. The first-order valence-electron chi connectivity index (χ1n) is 10.9. The van der Waals surface area contributed by atoms with E-state index in [0.29, 0.717) is 28.4 Å². The van der Waals surface area contributed by atoms with E-state index in [-0.39, 0.29) is 12.6 Å². The molecule has 2 aliphatic rings. The predicted molar refractivity (Wildman–Crippen MR) is 130 cm³/mol. The Bertz CT molecular complexity index is 1260. The quantitative estimate of drug-likeness (QED) is 0.513. The van der Waals surface area contributed by atoms with E-state index in [1.54, 1.807) is 59.6 Å². The molecule has 35 heavy (non-hydrogen) atoms. The van der Waals surface area contributed by atoms with Gasteiger partial charge in [0.2, 0.25) is 5.95 Å². The minimum atomic E-state index is -0.737. The van der Waals surface area contributed by atoms with Gasteiger partial charge in [-0.2, -0.15) is 4.98 Å². The first-order valence-corrected chi connectivity index (χ1v) is 11.7. The van der Waals surface area contributed by atoms with E-state index in [9.17, 15) is 9.59 Å². The van der Waals surface area contributed by atoms with Crippen LogP contribution in [-0.2, 0) is 14.2 Å². The van der Waals surface area contributed by atoms with Crippen LogP contribution in [0.2, 0.25) is 0 Å². The summed E-state index contributed by atoms with van der Waals surface area (Å²) in [6.45, 7) is 4.11. The molecule has 3 heterocycles. The molecule has 0 bridgehead atoms. The number of anilines is 2. The number of carbonyl (C=O) groups excluding carboxylic acids is 2. The number of nitrogens with two attached hydrogens (primary N) is 1. The fourth-order valence-electron chi connectivity index (χ4n) is 3.94. The van der Waals surface area contributed by atoms with E-state index < -0.39 is 30.4 Å². The Kier molecular flexibility index (Phi) is 6.39. The fourth-order valence-corrected chi connectivity index (χ4v) is 4.82. The maximum atomic E-state index is 12.8. The van der Waals surface area contributed by atoms with Gasteiger partial charge in [0, 0.05) is 12.6 Å². The molecule has 1 saturated heterocycles. The molecule has 2 N–H and O–H groups in total. The highest BCUT2D eigenvalue weighted by molar-refractivity contribution is 8.03. The minimum absolute atomic E-state index is 0.00412. The Morgan fingerprint density at radius 1 is 1.09 bits per heavy atom. The van der Waals surface area contributed by atoms with Gasteiger partial charge in [0.15, 0.2) is 12.0 Å². The number of nitrogen functional groups attached to an aromatic ring is 1. The van der Waals surface area contributed by atoms with Crippen LogP contribution in [0, 0.1) is 0 Å². The number of hydrogen-bond acceptors (Lipinski definition) is 10. The van der Waals surface area contributed by atoms with Crippen LogP contribution in [0.1, 0.15) is 27.1 Å². The zero-order chi connectivity index (χ0) is 24.4. The van der Waals surface area contributed by atoms with Crippen LogP contribution in [-0.4, -0.2) is 46.9 Å². The molecular weight excluding hydrogens is 468 g/mol. The fraction of sp³-hybridized carbons (Fsp3) is 0.200. The van der Waals surface area contributed by atoms with E-state index in [2.05, 4.69) is 16.5 Å². The second-order valence-corrected chi connectivity index (χ2v) is 9.06. The number of esters is 2. The van der Waals surface area contributed by atoms with Crippen molar-refractivity contribution < 1.29 is 23.8 Å². The molecule has 3 aromatic rings. The monoisotopic (exact) mass is 490 g/mol. The summed E-state index contributed by atoms with van der Waals surface area (Å²) in [6.07, 6.45) is 0.00548. The van der Waals surface area contributed by atoms with Crippen molar-refractivity contribution >= 4 is 35.5 Å². The largest absolute Gasteiger partial charge is 0.459 e. The molecule has 178 valence electrons. The van der Waals surface area contributed by atoms with Crippen molar-refractivity contribution in [2.75, 3.05) is 17.2 Å². The van der Waals surface area contributed by atoms with Crippen LogP contribution in [0.4, 0.5) is 11.8 Å². The molecule has 1 fully saturated rings. The van der Waals surface area contributed by atoms with Gasteiger partial charge in [-0.05, 0) is 24.3 Å². The van der Waals surface area contributed by atoms with Gasteiger partial charge in [0.1, 0.15) is 12.7 Å². The summed E-state index contributed by atoms with van der Waals surface area (Å²) >= 11 is 1.37. The summed E-state index contributed by atoms with van der Waals surface area (Å²) in [4.78, 5) is 36.2. The van der Waals surface area contributed by atoms with Crippen molar-refractivity contribution in [1.82, 2.24) is 9.97 Å². The van der Waals surface area contributed by atoms with Crippen LogP contribution >= 0.6 is 11.8 Å². The van der Waals surface area contributed by atoms with Crippen LogP contribution in [0.3, 0.4) is 0 Å². The maximum Gasteiger partial charge on any atom is 0.338 e. The molecule has 2 aromatic carbocycles. The number of hydrogen-bond donors (Lipinski definition) is 1. The third-order valence-corrected chi connectivity index (χ3v) is 6.50. The Balaban J connectivity index is 1.36. The normalized spacial score (nSPS) is 21.0. The Morgan fingerprint density at radius 2 is 1.74 bits per heavy atom. The topological polar surface area (TPSA) is 117 Å². The van der Waals surface area contributed by atoms with Gasteiger partial charge < -0.3 is 19.9 Å². The smallest absolute Gasteiger partial charge is 0.338 e. The number of fused-ring (bicyclic) bond motifs is 1. The zero-order valence-corrected chi connectivity index (χ0v) is 19.4. The summed E-state index contributed by atoms with van der Waals surface area (Å²) in [5, 5.41) is 0.632. The number of aromatic nitrogens is 2. The standard InChI is InChI=1S/C25H22N4O5S/c1-15-29(21-20(35-15)13-27-25(26)28-21)22-19(34-24(31)17-10-6-3-7-11-17)12-18(33-22)14-32-23(30)16-8-4-2-5-9-16/h2-11,13,18-19,22H,1,12,14H2,(H2,26,27,28)/t18-,19+,22+/m0/s1. The molecule has 0 aliphatic carbocycles. The molecule has 5 rings (SSSR count). The van der Waals surface area contributed by atoms with E-state index in [1.807, 2.05) is 12.1 Å². The van der Waals surface area contributed by atoms with E-state index in [1.165, 1.54) is 11.8 Å². The molecule has 0 spiro atoms. The van der Waals surface area contributed by atoms with E-state index in [0.717, 1.165) is 4.90 Å². The van der Waals surface area contributed by atoms with Crippen molar-refractivity contribution in [3.63, 3.8) is 0 Å². The SMILES string of the molecule is C=C1Sc2cnc(N)nc2N1[C@@H]1O[C@H](COC(=O)c2ccccc2)C[C@H]1OC(=O)c1ccccc1. The Morgan fingerprint density at radius 3 is 2.43 bits per heavy atom. The number of ether oxygens (including phenoxy) is 3. The average Bonchev–Trinajstić information content (AvgIpc) is 3.42.